The first-order chi connectivity index (χ1) is 17.2. The molecule has 1 heterocycles. The number of carbonyl (C=O) groups excluding carboxylic acids is 2. The van der Waals surface area contributed by atoms with Gasteiger partial charge < -0.3 is 25.4 Å². The van der Waals surface area contributed by atoms with Crippen LogP contribution in [0.5, 0.6) is 5.75 Å². The molecule has 0 saturated heterocycles. The lowest BCUT2D eigenvalue weighted by atomic mass is 9.99. The predicted molar refractivity (Wildman–Crippen MR) is 140 cm³/mol. The summed E-state index contributed by atoms with van der Waals surface area (Å²) >= 11 is 0. The Morgan fingerprint density at radius 3 is 2.50 bits per heavy atom. The molecular formula is C29H33N3O4. The van der Waals surface area contributed by atoms with Gasteiger partial charge in [-0.25, -0.2) is 0 Å². The molecule has 7 heteroatoms. The van der Waals surface area contributed by atoms with Crippen molar-refractivity contribution in [2.45, 2.75) is 39.0 Å². The van der Waals surface area contributed by atoms with Gasteiger partial charge in [0.05, 0.1) is 19.3 Å². The summed E-state index contributed by atoms with van der Waals surface area (Å²) in [5.41, 5.74) is 5.64. The average molecular weight is 488 g/mol. The highest BCUT2D eigenvalue weighted by molar-refractivity contribution is 6.04. The van der Waals surface area contributed by atoms with Gasteiger partial charge in [-0.15, -0.1) is 0 Å². The lowest BCUT2D eigenvalue weighted by Gasteiger charge is -2.25. The van der Waals surface area contributed by atoms with E-state index in [9.17, 15) is 14.7 Å². The third-order valence-corrected chi connectivity index (χ3v) is 6.61. The third kappa shape index (κ3) is 5.75. The van der Waals surface area contributed by atoms with Crippen LogP contribution in [0, 0.1) is 0 Å². The van der Waals surface area contributed by atoms with Crippen molar-refractivity contribution in [1.82, 2.24) is 10.2 Å². The van der Waals surface area contributed by atoms with E-state index in [-0.39, 0.29) is 17.9 Å². The molecule has 0 aliphatic carbocycles. The molecular weight excluding hydrogens is 454 g/mol. The van der Waals surface area contributed by atoms with E-state index in [1.807, 2.05) is 31.2 Å². The van der Waals surface area contributed by atoms with E-state index < -0.39 is 6.10 Å². The van der Waals surface area contributed by atoms with Crippen LogP contribution in [-0.4, -0.2) is 42.5 Å². The van der Waals surface area contributed by atoms with Gasteiger partial charge in [-0.05, 0) is 86.5 Å². The van der Waals surface area contributed by atoms with Gasteiger partial charge in [-0.2, -0.15) is 0 Å². The molecule has 0 bridgehead atoms. The van der Waals surface area contributed by atoms with Crippen LogP contribution in [-0.2, 0) is 13.0 Å². The number of ether oxygens (including phenoxy) is 1. The zero-order chi connectivity index (χ0) is 25.8. The van der Waals surface area contributed by atoms with Gasteiger partial charge >= 0.3 is 0 Å². The van der Waals surface area contributed by atoms with E-state index in [0.29, 0.717) is 22.4 Å². The van der Waals surface area contributed by atoms with E-state index in [0.717, 1.165) is 30.8 Å². The Kier molecular flexibility index (Phi) is 7.72. The van der Waals surface area contributed by atoms with Crippen LogP contribution in [0.15, 0.2) is 60.7 Å². The second-order valence-corrected chi connectivity index (χ2v) is 9.38. The minimum absolute atomic E-state index is 0.198. The fraction of sp³-hybridized carbons (Fsp3) is 0.310. The van der Waals surface area contributed by atoms with Gasteiger partial charge in [-0.1, -0.05) is 18.2 Å². The molecule has 0 aromatic heterocycles. The van der Waals surface area contributed by atoms with Crippen molar-refractivity contribution in [3.05, 3.63) is 94.0 Å². The summed E-state index contributed by atoms with van der Waals surface area (Å²) < 4.78 is 5.27. The van der Waals surface area contributed by atoms with Crippen LogP contribution in [0.2, 0.25) is 0 Å². The molecule has 0 saturated carbocycles. The second-order valence-electron chi connectivity index (χ2n) is 9.38. The lowest BCUT2D eigenvalue weighted by molar-refractivity contribution is 0.0939. The number of benzene rings is 3. The topological polar surface area (TPSA) is 90.9 Å². The number of fused-ring (bicyclic) bond motifs is 1. The molecule has 0 fully saturated rings. The van der Waals surface area contributed by atoms with Crippen molar-refractivity contribution in [2.75, 3.05) is 26.0 Å². The summed E-state index contributed by atoms with van der Waals surface area (Å²) in [6, 6.07) is 18.0. The molecule has 1 unspecified atom stereocenters. The van der Waals surface area contributed by atoms with Gasteiger partial charge in [0.15, 0.2) is 0 Å². The van der Waals surface area contributed by atoms with Crippen LogP contribution in [0.1, 0.15) is 69.0 Å². The minimum atomic E-state index is -0.767. The molecule has 7 nitrogen and oxygen atoms in total. The number of nitrogens with zero attached hydrogens (tertiary/aromatic N) is 1. The number of aliphatic hydroxyl groups excluding tert-OH is 1. The largest absolute Gasteiger partial charge is 0.496 e. The molecule has 4 rings (SSSR count). The molecule has 1 aliphatic rings. The maximum atomic E-state index is 13.0. The number of likely N-dealkylation sites (N-methyl/N-ethyl adjacent to an activating group) is 1. The Morgan fingerprint density at radius 2 is 1.75 bits per heavy atom. The van der Waals surface area contributed by atoms with Crippen LogP contribution in [0.4, 0.5) is 5.69 Å². The number of anilines is 1. The van der Waals surface area contributed by atoms with Crippen LogP contribution < -0.4 is 15.4 Å². The van der Waals surface area contributed by atoms with Gasteiger partial charge in [0.2, 0.25) is 0 Å². The zero-order valence-corrected chi connectivity index (χ0v) is 21.2. The normalized spacial score (nSPS) is 14.9. The van der Waals surface area contributed by atoms with E-state index in [1.54, 1.807) is 37.3 Å². The maximum Gasteiger partial charge on any atom is 0.255 e. The zero-order valence-electron chi connectivity index (χ0n) is 21.2. The third-order valence-electron chi connectivity index (χ3n) is 6.61. The van der Waals surface area contributed by atoms with Gasteiger partial charge in [-0.3, -0.25) is 9.59 Å². The number of hydrogen-bond donors (Lipinski definition) is 3. The summed E-state index contributed by atoms with van der Waals surface area (Å²) in [6.45, 7) is 5.41. The van der Waals surface area contributed by atoms with Crippen molar-refractivity contribution in [2.24, 2.45) is 0 Å². The highest BCUT2D eigenvalue weighted by Gasteiger charge is 2.18. The number of aliphatic hydroxyl groups is 1. The number of nitrogens with one attached hydrogen (secondary N) is 2. The van der Waals surface area contributed by atoms with Crippen LogP contribution >= 0.6 is 0 Å². The van der Waals surface area contributed by atoms with Gasteiger partial charge in [0.1, 0.15) is 5.75 Å². The Labute approximate surface area is 212 Å². The Hall–Kier alpha value is -3.68. The molecule has 1 aliphatic heterocycles. The maximum absolute atomic E-state index is 13.0. The molecule has 188 valence electrons. The molecule has 36 heavy (non-hydrogen) atoms. The first-order valence-corrected chi connectivity index (χ1v) is 12.1. The van der Waals surface area contributed by atoms with E-state index in [2.05, 4.69) is 28.6 Å². The highest BCUT2D eigenvalue weighted by Crippen LogP contribution is 2.27. The molecule has 3 aromatic rings. The van der Waals surface area contributed by atoms with E-state index >= 15 is 0 Å². The highest BCUT2D eigenvalue weighted by atomic mass is 16.5. The Balaban J connectivity index is 1.45. The molecule has 2 amide bonds. The predicted octanol–water partition coefficient (Wildman–Crippen LogP) is 4.48. The first-order valence-electron chi connectivity index (χ1n) is 12.1. The monoisotopic (exact) mass is 487 g/mol. The number of rotatable bonds is 7. The first kappa shape index (κ1) is 25.4. The van der Waals surface area contributed by atoms with Crippen molar-refractivity contribution < 1.29 is 19.4 Å². The Morgan fingerprint density at radius 1 is 0.972 bits per heavy atom. The molecule has 0 radical (unpaired) electrons. The summed E-state index contributed by atoms with van der Waals surface area (Å²) in [6.07, 6.45) is 0.249. The lowest BCUT2D eigenvalue weighted by Crippen LogP contribution is -2.27. The summed E-state index contributed by atoms with van der Waals surface area (Å²) in [5.74, 6) is 0.0522. The molecule has 3 N–H and O–H groups in total. The summed E-state index contributed by atoms with van der Waals surface area (Å²) in [7, 11) is 3.62. The summed E-state index contributed by atoms with van der Waals surface area (Å²) in [5, 5.41) is 16.0. The number of carbonyl (C=O) groups is 2. The quantitative estimate of drug-likeness (QED) is 0.457. The van der Waals surface area contributed by atoms with E-state index in [1.165, 1.54) is 18.2 Å². The second kappa shape index (κ2) is 10.9. The smallest absolute Gasteiger partial charge is 0.255 e. The summed E-state index contributed by atoms with van der Waals surface area (Å²) in [4.78, 5) is 28.1. The molecule has 0 spiro atoms. The van der Waals surface area contributed by atoms with Gasteiger partial charge in [0.25, 0.3) is 11.8 Å². The van der Waals surface area contributed by atoms with Crippen molar-refractivity contribution in [1.29, 1.82) is 0 Å². The fourth-order valence-corrected chi connectivity index (χ4v) is 4.49. The number of amides is 2. The van der Waals surface area contributed by atoms with Crippen molar-refractivity contribution in [3.8, 4) is 5.75 Å². The van der Waals surface area contributed by atoms with Crippen molar-refractivity contribution >= 4 is 17.5 Å². The van der Waals surface area contributed by atoms with Gasteiger partial charge in [0, 0.05) is 35.5 Å². The average Bonchev–Trinajstić information content (AvgIpc) is 2.87. The number of hydrogen-bond acceptors (Lipinski definition) is 5. The van der Waals surface area contributed by atoms with Crippen molar-refractivity contribution in [3.63, 3.8) is 0 Å². The SMILES string of the molecule is COc1ccc(C(=O)N[C@H](C)c2cccc(C(=O)Nc3ccc4c(c3)CN(C)CC4)c2)cc1C(C)O. The van der Waals surface area contributed by atoms with Crippen LogP contribution in [0.25, 0.3) is 0 Å². The fourth-order valence-electron chi connectivity index (χ4n) is 4.49. The molecule has 3 aromatic carbocycles. The standard InChI is InChI=1S/C29H33N3O4/c1-18(30-28(34)23-9-11-27(36-4)26(16-23)19(2)33)21-6-5-7-22(14-21)29(35)31-25-10-8-20-12-13-32(3)17-24(20)15-25/h5-11,14-16,18-19,33H,12-13,17H2,1-4H3,(H,30,34)(H,31,35)/t18-,19?/m1/s1. The minimum Gasteiger partial charge on any atom is -0.496 e. The molecule has 2 atom stereocenters. The number of methoxy groups -OCH3 is 1. The Bertz CT molecular complexity index is 1270. The van der Waals surface area contributed by atoms with Crippen LogP contribution in [0.3, 0.4) is 0 Å². The van der Waals surface area contributed by atoms with E-state index in [4.69, 9.17) is 4.74 Å².